The summed E-state index contributed by atoms with van der Waals surface area (Å²) < 4.78 is 2.02. The molecule has 1 aromatic carbocycles. The predicted molar refractivity (Wildman–Crippen MR) is 94.9 cm³/mol. The third-order valence-electron chi connectivity index (χ3n) is 3.02. The molecule has 2 N–H and O–H groups in total. The molecule has 0 saturated heterocycles. The van der Waals surface area contributed by atoms with Gasteiger partial charge in [-0.1, -0.05) is 48.8 Å². The van der Waals surface area contributed by atoms with Gasteiger partial charge in [0.05, 0.1) is 5.02 Å². The van der Waals surface area contributed by atoms with Gasteiger partial charge >= 0.3 is 0 Å². The number of carbonyl (C=O) groups excluding carboxylic acids is 1. The van der Waals surface area contributed by atoms with Crippen molar-refractivity contribution in [3.8, 4) is 11.4 Å². The highest BCUT2D eigenvalue weighted by atomic mass is 35.5. The lowest BCUT2D eigenvalue weighted by Gasteiger charge is -2.13. The standard InChI is InChI=1S/C15H18Cl2N4OS/c1-9(2)8-21-14(11-4-3-10(16)7-12(11)17)19-20-15(21)23-6-5-13(18)22/h3-4,7,9H,5-6,8H2,1-2H3,(H2,18,22). The molecule has 0 unspecified atom stereocenters. The molecule has 8 heteroatoms. The monoisotopic (exact) mass is 372 g/mol. The highest BCUT2D eigenvalue weighted by Gasteiger charge is 2.17. The lowest BCUT2D eigenvalue weighted by molar-refractivity contribution is -0.117. The Kier molecular flexibility index (Phi) is 6.33. The average molecular weight is 373 g/mol. The number of aromatic nitrogens is 3. The molecule has 0 saturated carbocycles. The van der Waals surface area contributed by atoms with Crippen molar-refractivity contribution in [3.05, 3.63) is 28.2 Å². The van der Waals surface area contributed by atoms with E-state index in [0.29, 0.717) is 34.0 Å². The fraction of sp³-hybridized carbons (Fsp3) is 0.400. The summed E-state index contributed by atoms with van der Waals surface area (Å²) in [5.41, 5.74) is 5.96. The van der Waals surface area contributed by atoms with Gasteiger partial charge in [0, 0.05) is 29.3 Å². The van der Waals surface area contributed by atoms with Crippen molar-refractivity contribution in [3.63, 3.8) is 0 Å². The third-order valence-corrected chi connectivity index (χ3v) is 4.53. The maximum Gasteiger partial charge on any atom is 0.218 e. The molecule has 0 aliphatic heterocycles. The van der Waals surface area contributed by atoms with Crippen molar-refractivity contribution in [2.75, 3.05) is 5.75 Å². The van der Waals surface area contributed by atoms with E-state index in [1.165, 1.54) is 11.8 Å². The summed E-state index contributed by atoms with van der Waals surface area (Å²) in [5.74, 6) is 1.35. The number of amides is 1. The Morgan fingerprint density at radius 3 is 2.70 bits per heavy atom. The van der Waals surface area contributed by atoms with E-state index in [1.807, 2.05) is 10.6 Å². The summed E-state index contributed by atoms with van der Waals surface area (Å²) in [6.07, 6.45) is 0.302. The maximum atomic E-state index is 10.9. The first-order chi connectivity index (χ1) is 10.9. The number of hydrogen-bond donors (Lipinski definition) is 1. The van der Waals surface area contributed by atoms with Crippen LogP contribution in [-0.4, -0.2) is 26.4 Å². The van der Waals surface area contributed by atoms with E-state index in [0.717, 1.165) is 17.3 Å². The molecule has 0 fully saturated rings. The summed E-state index contributed by atoms with van der Waals surface area (Å²) >= 11 is 13.7. The topological polar surface area (TPSA) is 73.8 Å². The van der Waals surface area contributed by atoms with Crippen molar-refractivity contribution in [2.24, 2.45) is 11.7 Å². The second-order valence-corrected chi connectivity index (χ2v) is 7.41. The van der Waals surface area contributed by atoms with Gasteiger partial charge in [0.2, 0.25) is 5.91 Å². The molecular weight excluding hydrogens is 355 g/mol. The highest BCUT2D eigenvalue weighted by Crippen LogP contribution is 2.32. The van der Waals surface area contributed by atoms with Gasteiger partial charge in [-0.2, -0.15) is 0 Å². The molecule has 1 aromatic heterocycles. The van der Waals surface area contributed by atoms with Crippen molar-refractivity contribution < 1.29 is 4.79 Å². The van der Waals surface area contributed by atoms with Gasteiger partial charge in [-0.3, -0.25) is 4.79 Å². The van der Waals surface area contributed by atoms with Crippen LogP contribution < -0.4 is 5.73 Å². The van der Waals surface area contributed by atoms with Crippen LogP contribution in [0.15, 0.2) is 23.4 Å². The molecule has 2 rings (SSSR count). The van der Waals surface area contributed by atoms with Gasteiger partial charge < -0.3 is 10.3 Å². The largest absolute Gasteiger partial charge is 0.370 e. The summed E-state index contributed by atoms with van der Waals surface area (Å²) in [5, 5.41) is 10.4. The molecule has 1 heterocycles. The normalized spacial score (nSPS) is 11.2. The number of primary amides is 1. The summed E-state index contributed by atoms with van der Waals surface area (Å²) in [6, 6.07) is 5.30. The molecule has 1 amide bonds. The van der Waals surface area contributed by atoms with Gasteiger partial charge in [-0.05, 0) is 24.1 Å². The second kappa shape index (κ2) is 8.04. The van der Waals surface area contributed by atoms with Crippen LogP contribution in [0, 0.1) is 5.92 Å². The lowest BCUT2D eigenvalue weighted by atomic mass is 10.2. The van der Waals surface area contributed by atoms with Crippen LogP contribution in [0.4, 0.5) is 0 Å². The van der Waals surface area contributed by atoms with Gasteiger partial charge in [0.15, 0.2) is 11.0 Å². The third kappa shape index (κ3) is 4.86. The van der Waals surface area contributed by atoms with Crippen LogP contribution in [0.2, 0.25) is 10.0 Å². The summed E-state index contributed by atoms with van der Waals surface area (Å²) in [6.45, 7) is 4.98. The number of carbonyl (C=O) groups is 1. The molecular formula is C15H18Cl2N4OS. The number of hydrogen-bond acceptors (Lipinski definition) is 4. The van der Waals surface area contributed by atoms with Crippen molar-refractivity contribution in [1.29, 1.82) is 0 Å². The highest BCUT2D eigenvalue weighted by molar-refractivity contribution is 7.99. The van der Waals surface area contributed by atoms with Crippen LogP contribution >= 0.6 is 35.0 Å². The molecule has 0 spiro atoms. The van der Waals surface area contributed by atoms with E-state index >= 15 is 0 Å². The first-order valence-electron chi connectivity index (χ1n) is 7.18. The fourth-order valence-electron chi connectivity index (χ4n) is 2.04. The van der Waals surface area contributed by atoms with Crippen LogP contribution in [0.25, 0.3) is 11.4 Å². The Labute approximate surface area is 149 Å². The number of halogens is 2. The summed E-state index contributed by atoms with van der Waals surface area (Å²) in [7, 11) is 0. The van der Waals surface area contributed by atoms with E-state index < -0.39 is 0 Å². The number of nitrogens with two attached hydrogens (primary N) is 1. The van der Waals surface area contributed by atoms with E-state index in [9.17, 15) is 4.79 Å². The molecule has 2 aromatic rings. The van der Waals surface area contributed by atoms with Crippen molar-refractivity contribution >= 4 is 40.9 Å². The van der Waals surface area contributed by atoms with Crippen LogP contribution in [0.5, 0.6) is 0 Å². The Balaban J connectivity index is 2.35. The Morgan fingerprint density at radius 1 is 1.35 bits per heavy atom. The molecule has 0 aliphatic rings. The Bertz CT molecular complexity index is 703. The minimum Gasteiger partial charge on any atom is -0.370 e. The molecule has 0 radical (unpaired) electrons. The molecule has 0 atom stereocenters. The first kappa shape index (κ1) is 18.1. The van der Waals surface area contributed by atoms with Gasteiger partial charge in [-0.25, -0.2) is 0 Å². The number of thioether (sulfide) groups is 1. The first-order valence-corrected chi connectivity index (χ1v) is 8.92. The van der Waals surface area contributed by atoms with Crippen LogP contribution in [0.3, 0.4) is 0 Å². The quantitative estimate of drug-likeness (QED) is 0.748. The molecule has 0 aliphatic carbocycles. The Morgan fingerprint density at radius 2 is 2.09 bits per heavy atom. The second-order valence-electron chi connectivity index (χ2n) is 5.50. The number of nitrogens with zero attached hydrogens (tertiary/aromatic N) is 3. The molecule has 23 heavy (non-hydrogen) atoms. The molecule has 0 bridgehead atoms. The minimum absolute atomic E-state index is 0.302. The van der Waals surface area contributed by atoms with Crippen LogP contribution in [0.1, 0.15) is 20.3 Å². The van der Waals surface area contributed by atoms with Gasteiger partial charge in [0.1, 0.15) is 0 Å². The van der Waals surface area contributed by atoms with Gasteiger partial charge in [0.25, 0.3) is 0 Å². The smallest absolute Gasteiger partial charge is 0.218 e. The number of rotatable bonds is 7. The van der Waals surface area contributed by atoms with E-state index in [2.05, 4.69) is 24.0 Å². The Hall–Kier alpha value is -1.24. The van der Waals surface area contributed by atoms with Gasteiger partial charge in [-0.15, -0.1) is 10.2 Å². The molecule has 124 valence electrons. The van der Waals surface area contributed by atoms with E-state index in [1.54, 1.807) is 12.1 Å². The van der Waals surface area contributed by atoms with E-state index in [4.69, 9.17) is 28.9 Å². The molecule has 5 nitrogen and oxygen atoms in total. The van der Waals surface area contributed by atoms with Crippen molar-refractivity contribution in [2.45, 2.75) is 32.0 Å². The maximum absolute atomic E-state index is 10.9. The fourth-order valence-corrected chi connectivity index (χ4v) is 3.43. The zero-order chi connectivity index (χ0) is 17.0. The van der Waals surface area contributed by atoms with Crippen LogP contribution in [-0.2, 0) is 11.3 Å². The zero-order valence-electron chi connectivity index (χ0n) is 12.9. The minimum atomic E-state index is -0.326. The summed E-state index contributed by atoms with van der Waals surface area (Å²) in [4.78, 5) is 10.9. The predicted octanol–water partition coefficient (Wildman–Crippen LogP) is 3.88. The van der Waals surface area contributed by atoms with E-state index in [-0.39, 0.29) is 5.91 Å². The van der Waals surface area contributed by atoms with Crippen molar-refractivity contribution in [1.82, 2.24) is 14.8 Å². The SMILES string of the molecule is CC(C)Cn1c(SCCC(N)=O)nnc1-c1ccc(Cl)cc1Cl. The average Bonchev–Trinajstić information content (AvgIpc) is 2.81. The zero-order valence-corrected chi connectivity index (χ0v) is 15.3. The lowest BCUT2D eigenvalue weighted by Crippen LogP contribution is -2.12. The number of benzene rings is 1.